The third kappa shape index (κ3) is 3.95. The normalized spacial score (nSPS) is 16.3. The minimum atomic E-state index is -0.673. The molecule has 1 aliphatic rings. The van der Waals surface area contributed by atoms with Gasteiger partial charge in [0.25, 0.3) is 5.69 Å². The topological polar surface area (TPSA) is 93.5 Å². The molecule has 0 aliphatic carbocycles. The molecule has 1 atom stereocenters. The molecule has 0 spiro atoms. The molecule has 2 N–H and O–H groups in total. The standard InChI is InChI=1S/C19H17N3O4S/c1-2-26-18(23)15-16(12-7-4-3-5-8-12)20-19(27)21-17(15)13-9-6-10-14(11-13)22(24)25/h3-11,17H,2H2,1H3,(H2,20,21,27)/t17-/m0/s1. The molecule has 0 amide bonds. The maximum absolute atomic E-state index is 12.8. The van der Waals surface area contributed by atoms with Crippen molar-refractivity contribution in [3.8, 4) is 0 Å². The van der Waals surface area contributed by atoms with Crippen LogP contribution in [0.3, 0.4) is 0 Å². The van der Waals surface area contributed by atoms with E-state index in [4.69, 9.17) is 17.0 Å². The molecule has 8 heteroatoms. The number of hydrogen-bond donors (Lipinski definition) is 2. The average molecular weight is 383 g/mol. The van der Waals surface area contributed by atoms with Gasteiger partial charge >= 0.3 is 5.97 Å². The molecule has 1 aliphatic heterocycles. The molecule has 2 aromatic rings. The summed E-state index contributed by atoms with van der Waals surface area (Å²) in [5.41, 5.74) is 2.08. The van der Waals surface area contributed by atoms with Crippen LogP contribution >= 0.6 is 12.2 Å². The summed E-state index contributed by atoms with van der Waals surface area (Å²) < 4.78 is 5.24. The molecule has 138 valence electrons. The number of nitro benzene ring substituents is 1. The van der Waals surface area contributed by atoms with Crippen LogP contribution in [0.5, 0.6) is 0 Å². The third-order valence-corrected chi connectivity index (χ3v) is 4.26. The Kier molecular flexibility index (Phi) is 5.46. The van der Waals surface area contributed by atoms with Gasteiger partial charge in [-0.2, -0.15) is 0 Å². The van der Waals surface area contributed by atoms with Gasteiger partial charge in [-0.25, -0.2) is 4.79 Å². The molecule has 0 fully saturated rings. The van der Waals surface area contributed by atoms with E-state index in [1.807, 2.05) is 30.3 Å². The minimum absolute atomic E-state index is 0.0665. The molecule has 0 unspecified atom stereocenters. The monoisotopic (exact) mass is 383 g/mol. The highest BCUT2D eigenvalue weighted by Gasteiger charge is 2.33. The summed E-state index contributed by atoms with van der Waals surface area (Å²) >= 11 is 5.31. The van der Waals surface area contributed by atoms with Crippen LogP contribution in [0, 0.1) is 10.1 Å². The molecule has 0 radical (unpaired) electrons. The van der Waals surface area contributed by atoms with Gasteiger partial charge in [-0.15, -0.1) is 0 Å². The average Bonchev–Trinajstić information content (AvgIpc) is 2.68. The number of carbonyl (C=O) groups excluding carboxylic acids is 1. The summed E-state index contributed by atoms with van der Waals surface area (Å²) in [6.07, 6.45) is 0. The Hall–Kier alpha value is -3.26. The molecule has 0 aromatic heterocycles. The highest BCUT2D eigenvalue weighted by atomic mass is 32.1. The van der Waals surface area contributed by atoms with E-state index in [1.54, 1.807) is 19.1 Å². The molecule has 3 rings (SSSR count). The first-order chi connectivity index (χ1) is 13.0. The van der Waals surface area contributed by atoms with Crippen molar-refractivity contribution in [3.63, 3.8) is 0 Å². The summed E-state index contributed by atoms with van der Waals surface area (Å²) in [4.78, 5) is 23.4. The fourth-order valence-corrected chi connectivity index (χ4v) is 3.11. The second-order valence-electron chi connectivity index (χ2n) is 5.76. The lowest BCUT2D eigenvalue weighted by molar-refractivity contribution is -0.384. The van der Waals surface area contributed by atoms with Gasteiger partial charge in [0.1, 0.15) is 0 Å². The SMILES string of the molecule is CCOC(=O)C1=C(c2ccccc2)NC(=S)N[C@H]1c1cccc([N+](=O)[O-])c1. The number of carbonyl (C=O) groups is 1. The Morgan fingerprint density at radius 1 is 1.22 bits per heavy atom. The van der Waals surface area contributed by atoms with E-state index < -0.39 is 16.9 Å². The maximum atomic E-state index is 12.8. The Morgan fingerprint density at radius 3 is 2.63 bits per heavy atom. The summed E-state index contributed by atoms with van der Waals surface area (Å²) in [5.74, 6) is -0.518. The Balaban J connectivity index is 2.18. The summed E-state index contributed by atoms with van der Waals surface area (Å²) in [7, 11) is 0. The minimum Gasteiger partial charge on any atom is -0.463 e. The Labute approximate surface area is 161 Å². The summed E-state index contributed by atoms with van der Waals surface area (Å²) in [5, 5.41) is 17.5. The van der Waals surface area contributed by atoms with Crippen molar-refractivity contribution >= 4 is 34.7 Å². The Bertz CT molecular complexity index is 928. The molecule has 27 heavy (non-hydrogen) atoms. The second-order valence-corrected chi connectivity index (χ2v) is 6.17. The van der Waals surface area contributed by atoms with Crippen molar-refractivity contribution in [2.24, 2.45) is 0 Å². The molecule has 7 nitrogen and oxygen atoms in total. The number of nitro groups is 1. The van der Waals surface area contributed by atoms with E-state index in [1.165, 1.54) is 12.1 Å². The first-order valence-corrected chi connectivity index (χ1v) is 8.70. The predicted octanol–water partition coefficient (Wildman–Crippen LogP) is 3.09. The van der Waals surface area contributed by atoms with Crippen LogP contribution in [0.2, 0.25) is 0 Å². The second kappa shape index (κ2) is 7.96. The number of hydrogen-bond acceptors (Lipinski definition) is 5. The van der Waals surface area contributed by atoms with Crippen LogP contribution in [0.1, 0.15) is 24.1 Å². The third-order valence-electron chi connectivity index (χ3n) is 4.04. The van der Waals surface area contributed by atoms with Crippen LogP contribution in [-0.2, 0) is 9.53 Å². The van der Waals surface area contributed by atoms with Gasteiger partial charge in [-0.3, -0.25) is 10.1 Å². The van der Waals surface area contributed by atoms with E-state index in [0.717, 1.165) is 5.56 Å². The van der Waals surface area contributed by atoms with Gasteiger partial charge in [0.05, 0.1) is 28.8 Å². The molecule has 0 bridgehead atoms. The summed E-state index contributed by atoms with van der Waals surface area (Å²) in [6.45, 7) is 1.92. The first kappa shape index (κ1) is 18.5. The number of nitrogens with zero attached hydrogens (tertiary/aromatic N) is 1. The van der Waals surface area contributed by atoms with Crippen LogP contribution in [0.15, 0.2) is 60.2 Å². The van der Waals surface area contributed by atoms with Gasteiger partial charge in [-0.05, 0) is 30.3 Å². The molecule has 0 saturated carbocycles. The zero-order chi connectivity index (χ0) is 19.4. The number of thiocarbonyl (C=S) groups is 1. The van der Waals surface area contributed by atoms with Crippen molar-refractivity contribution in [1.82, 2.24) is 10.6 Å². The highest BCUT2D eigenvalue weighted by molar-refractivity contribution is 7.80. The molecule has 0 saturated heterocycles. The lowest BCUT2D eigenvalue weighted by Gasteiger charge is -2.31. The van der Waals surface area contributed by atoms with E-state index in [2.05, 4.69) is 10.6 Å². The smallest absolute Gasteiger partial charge is 0.338 e. The van der Waals surface area contributed by atoms with Crippen molar-refractivity contribution in [2.75, 3.05) is 6.61 Å². The van der Waals surface area contributed by atoms with Gasteiger partial charge in [0.2, 0.25) is 0 Å². The lowest BCUT2D eigenvalue weighted by Crippen LogP contribution is -2.45. The van der Waals surface area contributed by atoms with Crippen molar-refractivity contribution < 1.29 is 14.5 Å². The van der Waals surface area contributed by atoms with Crippen LogP contribution < -0.4 is 10.6 Å². The van der Waals surface area contributed by atoms with Crippen molar-refractivity contribution in [2.45, 2.75) is 13.0 Å². The Morgan fingerprint density at radius 2 is 1.96 bits per heavy atom. The number of esters is 1. The van der Waals surface area contributed by atoms with Gasteiger partial charge in [0.15, 0.2) is 5.11 Å². The first-order valence-electron chi connectivity index (χ1n) is 8.29. The van der Waals surface area contributed by atoms with Crippen LogP contribution in [0.25, 0.3) is 5.70 Å². The zero-order valence-electron chi connectivity index (χ0n) is 14.5. The predicted molar refractivity (Wildman–Crippen MR) is 105 cm³/mol. The zero-order valence-corrected chi connectivity index (χ0v) is 15.3. The number of rotatable bonds is 5. The van der Waals surface area contributed by atoms with Crippen molar-refractivity contribution in [1.29, 1.82) is 0 Å². The van der Waals surface area contributed by atoms with Gasteiger partial charge in [-0.1, -0.05) is 42.5 Å². The highest BCUT2D eigenvalue weighted by Crippen LogP contribution is 2.33. The van der Waals surface area contributed by atoms with Gasteiger partial charge in [0, 0.05) is 12.1 Å². The number of ether oxygens (including phenoxy) is 1. The molecule has 2 aromatic carbocycles. The van der Waals surface area contributed by atoms with E-state index >= 15 is 0 Å². The lowest BCUT2D eigenvalue weighted by atomic mass is 9.92. The fourth-order valence-electron chi connectivity index (χ4n) is 2.89. The van der Waals surface area contributed by atoms with E-state index in [-0.39, 0.29) is 12.3 Å². The summed E-state index contributed by atoms with van der Waals surface area (Å²) in [6, 6.07) is 14.7. The molecule has 1 heterocycles. The molecular weight excluding hydrogens is 366 g/mol. The van der Waals surface area contributed by atoms with Crippen LogP contribution in [0.4, 0.5) is 5.69 Å². The van der Waals surface area contributed by atoms with E-state index in [9.17, 15) is 14.9 Å². The number of benzene rings is 2. The van der Waals surface area contributed by atoms with Gasteiger partial charge < -0.3 is 15.4 Å². The number of nitrogens with one attached hydrogen (secondary N) is 2. The number of non-ortho nitro benzene ring substituents is 1. The fraction of sp³-hybridized carbons (Fsp3) is 0.158. The quantitative estimate of drug-likeness (QED) is 0.355. The molecular formula is C19H17N3O4S. The van der Waals surface area contributed by atoms with Crippen molar-refractivity contribution in [3.05, 3.63) is 81.4 Å². The maximum Gasteiger partial charge on any atom is 0.338 e. The van der Waals surface area contributed by atoms with Crippen LogP contribution in [-0.4, -0.2) is 22.6 Å². The van der Waals surface area contributed by atoms with E-state index in [0.29, 0.717) is 21.9 Å². The largest absolute Gasteiger partial charge is 0.463 e.